The first kappa shape index (κ1) is 19.1. The van der Waals surface area contributed by atoms with Crippen molar-refractivity contribution in [1.82, 2.24) is 5.32 Å². The highest BCUT2D eigenvalue weighted by molar-refractivity contribution is 5.99. The van der Waals surface area contributed by atoms with E-state index < -0.39 is 17.9 Å². The Labute approximate surface area is 147 Å². The summed E-state index contributed by atoms with van der Waals surface area (Å²) < 4.78 is 5.31. The number of nitrogens with one attached hydrogen (secondary N) is 1. The largest absolute Gasteiger partial charge is 0.480 e. The number of rotatable bonds is 7. The molecule has 1 fully saturated rings. The Hall–Kier alpha value is -2.21. The predicted octanol–water partition coefficient (Wildman–Crippen LogP) is 2.26. The van der Waals surface area contributed by atoms with Crippen molar-refractivity contribution in [2.45, 2.75) is 45.6 Å². The van der Waals surface area contributed by atoms with Gasteiger partial charge in [0, 0.05) is 30.9 Å². The molecule has 0 saturated carbocycles. The van der Waals surface area contributed by atoms with Crippen molar-refractivity contribution < 1.29 is 24.2 Å². The minimum Gasteiger partial charge on any atom is -0.480 e. The Morgan fingerprint density at radius 3 is 2.68 bits per heavy atom. The first-order chi connectivity index (χ1) is 11.9. The van der Waals surface area contributed by atoms with Crippen molar-refractivity contribution in [3.8, 4) is 0 Å². The van der Waals surface area contributed by atoms with Crippen molar-refractivity contribution in [2.75, 3.05) is 13.2 Å². The second-order valence-corrected chi connectivity index (χ2v) is 6.60. The molecule has 0 bridgehead atoms. The average molecular weight is 347 g/mol. The van der Waals surface area contributed by atoms with Gasteiger partial charge < -0.3 is 15.2 Å². The average Bonchev–Trinajstić information content (AvgIpc) is 2.60. The van der Waals surface area contributed by atoms with Crippen molar-refractivity contribution in [1.29, 1.82) is 0 Å². The quantitative estimate of drug-likeness (QED) is 0.738. The second-order valence-electron chi connectivity index (χ2n) is 6.60. The smallest absolute Gasteiger partial charge is 0.326 e. The summed E-state index contributed by atoms with van der Waals surface area (Å²) in [6.45, 7) is 4.72. The van der Waals surface area contributed by atoms with E-state index in [4.69, 9.17) is 4.74 Å². The van der Waals surface area contributed by atoms with Crippen LogP contribution in [0.25, 0.3) is 0 Å². The van der Waals surface area contributed by atoms with Gasteiger partial charge in [-0.05, 0) is 38.3 Å². The number of aliphatic carboxylic acids is 1. The van der Waals surface area contributed by atoms with Gasteiger partial charge in [0.25, 0.3) is 0 Å². The molecule has 2 unspecified atom stereocenters. The highest BCUT2D eigenvalue weighted by Gasteiger charge is 2.31. The summed E-state index contributed by atoms with van der Waals surface area (Å²) >= 11 is 0. The lowest BCUT2D eigenvalue weighted by Gasteiger charge is -2.28. The molecule has 2 atom stereocenters. The van der Waals surface area contributed by atoms with Gasteiger partial charge in [0.05, 0.1) is 6.61 Å². The molecule has 6 nitrogen and oxygen atoms in total. The monoisotopic (exact) mass is 347 g/mol. The number of ketones is 1. The lowest BCUT2D eigenvalue weighted by molar-refractivity contribution is -0.145. The number of ether oxygens (including phenoxy) is 1. The number of benzene rings is 1. The molecule has 1 heterocycles. The van der Waals surface area contributed by atoms with Crippen LogP contribution in [0.4, 0.5) is 0 Å². The van der Waals surface area contributed by atoms with Crippen LogP contribution in [-0.4, -0.2) is 42.0 Å². The summed E-state index contributed by atoms with van der Waals surface area (Å²) in [5.74, 6) is -1.82. The van der Waals surface area contributed by atoms with Crippen LogP contribution in [-0.2, 0) is 14.3 Å². The van der Waals surface area contributed by atoms with Crippen molar-refractivity contribution in [3.63, 3.8) is 0 Å². The van der Waals surface area contributed by atoms with E-state index in [1.54, 1.807) is 0 Å². The SMILES string of the molecule is Cc1ccc(C)c(C(=O)CCC(=O)NC(C(=O)O)C2CCCOC2)c1. The number of carbonyl (C=O) groups excluding carboxylic acids is 2. The van der Waals surface area contributed by atoms with Crippen LogP contribution < -0.4 is 5.32 Å². The molecular formula is C19H25NO5. The minimum absolute atomic E-state index is 0.0242. The van der Waals surface area contributed by atoms with Crippen LogP contribution in [0.5, 0.6) is 0 Å². The van der Waals surface area contributed by atoms with Crippen molar-refractivity contribution >= 4 is 17.7 Å². The number of hydrogen-bond acceptors (Lipinski definition) is 4. The standard InChI is InChI=1S/C19H25NO5/c1-12-5-6-13(2)15(10-12)16(21)7-8-17(22)20-18(19(23)24)14-4-3-9-25-11-14/h5-6,10,14,18H,3-4,7-9,11H2,1-2H3,(H,20,22)(H,23,24). The molecule has 1 saturated heterocycles. The zero-order valence-electron chi connectivity index (χ0n) is 14.7. The van der Waals surface area contributed by atoms with Gasteiger partial charge in [0.15, 0.2) is 5.78 Å². The summed E-state index contributed by atoms with van der Waals surface area (Å²) in [6.07, 6.45) is 1.53. The molecule has 0 spiro atoms. The van der Waals surface area contributed by atoms with E-state index in [1.807, 2.05) is 32.0 Å². The Kier molecular flexibility index (Phi) is 6.70. The van der Waals surface area contributed by atoms with Crippen LogP contribution >= 0.6 is 0 Å². The molecule has 136 valence electrons. The molecule has 0 radical (unpaired) electrons. The van der Waals surface area contributed by atoms with Gasteiger partial charge in [-0.2, -0.15) is 0 Å². The molecule has 2 rings (SSSR count). The summed E-state index contributed by atoms with van der Waals surface area (Å²) in [5.41, 5.74) is 2.48. The third-order valence-corrected chi connectivity index (χ3v) is 4.52. The fourth-order valence-electron chi connectivity index (χ4n) is 3.05. The van der Waals surface area contributed by atoms with E-state index in [1.165, 1.54) is 0 Å². The number of hydrogen-bond donors (Lipinski definition) is 2. The molecule has 1 amide bonds. The van der Waals surface area contributed by atoms with Gasteiger partial charge >= 0.3 is 5.97 Å². The van der Waals surface area contributed by atoms with Gasteiger partial charge in [-0.25, -0.2) is 4.79 Å². The van der Waals surface area contributed by atoms with Gasteiger partial charge in [0.1, 0.15) is 6.04 Å². The Morgan fingerprint density at radius 1 is 1.28 bits per heavy atom. The van der Waals surface area contributed by atoms with Crippen molar-refractivity contribution in [2.24, 2.45) is 5.92 Å². The van der Waals surface area contributed by atoms with Crippen molar-refractivity contribution in [3.05, 3.63) is 34.9 Å². The van der Waals surface area contributed by atoms with E-state index in [2.05, 4.69) is 5.32 Å². The second kappa shape index (κ2) is 8.76. The first-order valence-electron chi connectivity index (χ1n) is 8.59. The van der Waals surface area contributed by atoms with Gasteiger partial charge in [0.2, 0.25) is 5.91 Å². The molecule has 1 aromatic rings. The number of amides is 1. The fourth-order valence-corrected chi connectivity index (χ4v) is 3.05. The summed E-state index contributed by atoms with van der Waals surface area (Å²) in [4.78, 5) is 35.9. The lowest BCUT2D eigenvalue weighted by atomic mass is 9.93. The minimum atomic E-state index is -1.07. The van der Waals surface area contributed by atoms with E-state index in [-0.39, 0.29) is 24.5 Å². The Morgan fingerprint density at radius 2 is 2.04 bits per heavy atom. The maximum Gasteiger partial charge on any atom is 0.326 e. The normalized spacial score (nSPS) is 18.4. The molecule has 6 heteroatoms. The van der Waals surface area contributed by atoms with Crippen LogP contribution in [0.2, 0.25) is 0 Å². The molecule has 2 N–H and O–H groups in total. The summed E-state index contributed by atoms with van der Waals surface area (Å²) in [7, 11) is 0. The topological polar surface area (TPSA) is 92.7 Å². The first-order valence-corrected chi connectivity index (χ1v) is 8.59. The molecule has 1 aromatic carbocycles. The van der Waals surface area contributed by atoms with Gasteiger partial charge in [-0.3, -0.25) is 9.59 Å². The molecular weight excluding hydrogens is 322 g/mol. The molecule has 1 aliphatic heterocycles. The Balaban J connectivity index is 1.91. The molecule has 0 aromatic heterocycles. The van der Waals surface area contributed by atoms with E-state index in [9.17, 15) is 19.5 Å². The van der Waals surface area contributed by atoms with E-state index in [0.29, 0.717) is 25.2 Å². The number of Topliss-reactive ketones (excluding diaryl/α,β-unsaturated/α-hetero) is 1. The zero-order valence-corrected chi connectivity index (χ0v) is 14.7. The molecule has 1 aliphatic rings. The third-order valence-electron chi connectivity index (χ3n) is 4.52. The number of carboxylic acid groups (broad SMARTS) is 1. The third kappa shape index (κ3) is 5.39. The molecule has 0 aliphatic carbocycles. The van der Waals surface area contributed by atoms with Crippen LogP contribution in [0.1, 0.15) is 47.2 Å². The van der Waals surface area contributed by atoms with Crippen LogP contribution in [0.3, 0.4) is 0 Å². The van der Waals surface area contributed by atoms with Crippen LogP contribution in [0, 0.1) is 19.8 Å². The van der Waals surface area contributed by atoms with E-state index >= 15 is 0 Å². The Bertz CT molecular complexity index is 649. The number of carboxylic acids is 1. The maximum atomic E-state index is 12.3. The highest BCUT2D eigenvalue weighted by atomic mass is 16.5. The fraction of sp³-hybridized carbons (Fsp3) is 0.526. The highest BCUT2D eigenvalue weighted by Crippen LogP contribution is 2.18. The van der Waals surface area contributed by atoms with Gasteiger partial charge in [-0.1, -0.05) is 17.7 Å². The number of carbonyl (C=O) groups is 3. The zero-order chi connectivity index (χ0) is 18.4. The van der Waals surface area contributed by atoms with E-state index in [0.717, 1.165) is 17.5 Å². The predicted molar refractivity (Wildman–Crippen MR) is 92.6 cm³/mol. The maximum absolute atomic E-state index is 12.3. The number of aryl methyl sites for hydroxylation is 2. The lowest BCUT2D eigenvalue weighted by Crippen LogP contribution is -2.48. The molecule has 25 heavy (non-hydrogen) atoms. The summed E-state index contributed by atoms with van der Waals surface area (Å²) in [5, 5.41) is 11.9. The van der Waals surface area contributed by atoms with Crippen LogP contribution in [0.15, 0.2) is 18.2 Å². The van der Waals surface area contributed by atoms with Gasteiger partial charge in [-0.15, -0.1) is 0 Å². The summed E-state index contributed by atoms with van der Waals surface area (Å²) in [6, 6.07) is 4.66.